The van der Waals surface area contributed by atoms with Crippen molar-refractivity contribution in [3.63, 3.8) is 0 Å². The molecule has 0 heterocycles. The van der Waals surface area contributed by atoms with Gasteiger partial charge in [0, 0.05) is 19.3 Å². The number of ether oxygens (including phenoxy) is 3. The van der Waals surface area contributed by atoms with Gasteiger partial charge in [0.25, 0.3) is 0 Å². The topological polar surface area (TPSA) is 78.9 Å². The summed E-state index contributed by atoms with van der Waals surface area (Å²) in [7, 11) is 0. The van der Waals surface area contributed by atoms with Crippen LogP contribution in [-0.4, -0.2) is 37.2 Å². The Morgan fingerprint density at radius 3 is 0.810 bits per heavy atom. The molecule has 0 fully saturated rings. The molecule has 0 aromatic carbocycles. The zero-order valence-electron chi connectivity index (χ0n) is 51.9. The molecule has 452 valence electrons. The Morgan fingerprint density at radius 2 is 0.494 bits per heavy atom. The second-order valence-electron chi connectivity index (χ2n) is 22.0. The van der Waals surface area contributed by atoms with Crippen molar-refractivity contribution in [1.82, 2.24) is 0 Å². The van der Waals surface area contributed by atoms with Crippen LogP contribution in [0, 0.1) is 0 Å². The molecule has 0 aromatic rings. The second kappa shape index (κ2) is 66.6. The molecule has 0 saturated heterocycles. The van der Waals surface area contributed by atoms with E-state index in [1.54, 1.807) is 0 Å². The number of hydrogen-bond acceptors (Lipinski definition) is 6. The first-order chi connectivity index (χ1) is 39.0. The average Bonchev–Trinajstić information content (AvgIpc) is 3.45. The monoisotopic (exact) mass is 1100 g/mol. The van der Waals surface area contributed by atoms with Crippen molar-refractivity contribution in [1.29, 1.82) is 0 Å². The van der Waals surface area contributed by atoms with E-state index in [9.17, 15) is 14.4 Å². The summed E-state index contributed by atoms with van der Waals surface area (Å²) in [5.41, 5.74) is 0. The van der Waals surface area contributed by atoms with Crippen LogP contribution in [0.1, 0.15) is 316 Å². The summed E-state index contributed by atoms with van der Waals surface area (Å²) in [5, 5.41) is 0. The van der Waals surface area contributed by atoms with Crippen molar-refractivity contribution >= 4 is 17.9 Å². The Bertz CT molecular complexity index is 1590. The van der Waals surface area contributed by atoms with Gasteiger partial charge in [0.1, 0.15) is 13.2 Å². The van der Waals surface area contributed by atoms with E-state index in [1.807, 2.05) is 0 Å². The molecule has 6 heteroatoms. The van der Waals surface area contributed by atoms with E-state index in [-0.39, 0.29) is 37.5 Å². The molecule has 0 aliphatic carbocycles. The van der Waals surface area contributed by atoms with Gasteiger partial charge in [0.15, 0.2) is 6.10 Å². The summed E-state index contributed by atoms with van der Waals surface area (Å²) < 4.78 is 16.9. The molecule has 0 aliphatic rings. The quantitative estimate of drug-likeness (QED) is 0.0261. The van der Waals surface area contributed by atoms with E-state index in [2.05, 4.69) is 130 Å². The summed E-state index contributed by atoms with van der Waals surface area (Å²) >= 11 is 0. The first-order valence-corrected chi connectivity index (χ1v) is 33.4. The maximum absolute atomic E-state index is 12.9. The lowest BCUT2D eigenvalue weighted by atomic mass is 10.0. The van der Waals surface area contributed by atoms with Crippen molar-refractivity contribution in [2.75, 3.05) is 13.2 Å². The molecule has 0 aliphatic heterocycles. The summed E-state index contributed by atoms with van der Waals surface area (Å²) in [4.78, 5) is 38.4. The first kappa shape index (κ1) is 75.1. The van der Waals surface area contributed by atoms with Crippen molar-refractivity contribution in [3.05, 3.63) is 109 Å². The highest BCUT2D eigenvalue weighted by Crippen LogP contribution is 2.16. The summed E-state index contributed by atoms with van der Waals surface area (Å²) in [6.07, 6.45) is 91.0. The van der Waals surface area contributed by atoms with Crippen molar-refractivity contribution in [2.45, 2.75) is 322 Å². The minimum Gasteiger partial charge on any atom is -0.462 e. The van der Waals surface area contributed by atoms with Crippen LogP contribution in [0.25, 0.3) is 0 Å². The van der Waals surface area contributed by atoms with Gasteiger partial charge in [-0.1, -0.05) is 278 Å². The minimum absolute atomic E-state index is 0.0960. The largest absolute Gasteiger partial charge is 0.462 e. The van der Waals surface area contributed by atoms with Crippen LogP contribution in [-0.2, 0) is 28.6 Å². The van der Waals surface area contributed by atoms with Crippen LogP contribution < -0.4 is 0 Å². The SMILES string of the molecule is CC/C=C\C/C=C\C/C=C\C/C=C\C/C=C\CCCCCC(=O)OC(COC(=O)CCCCCCC/C=C\C/C=C\CCCCC)COC(=O)CCCCCCCCCCCCCCCCC/C=C\C/C=C\CCCCCCC. The Labute approximate surface area is 489 Å². The van der Waals surface area contributed by atoms with E-state index in [4.69, 9.17) is 14.2 Å². The van der Waals surface area contributed by atoms with Gasteiger partial charge in [-0.2, -0.15) is 0 Å². The first-order valence-electron chi connectivity index (χ1n) is 33.4. The smallest absolute Gasteiger partial charge is 0.306 e. The standard InChI is InChI=1S/C73H124O6/c1-4-7-10-13-16-19-22-25-28-30-32-33-34-35-36-37-38-39-41-42-45-48-51-54-57-60-63-66-72(75)78-69-70(68-77-71(74)65-62-59-56-53-50-47-44-27-24-21-18-15-12-9-6-3)79-73(76)67-64-61-58-55-52-49-46-43-40-31-29-26-23-20-17-14-11-8-5-2/h8,11,17-18,20-22,25-27,29-30,32,40,43-44,49,52,70H,4-7,9-10,12-16,19,23-24,28,31,33-39,41-42,45-48,50-51,53-69H2,1-3H3/b11-8-,20-17-,21-18-,25-22-,29-26-,32-30-,43-40-,44-27-,52-49-. The third kappa shape index (κ3) is 64.8. The number of carbonyl (C=O) groups excluding carboxylic acids is 3. The van der Waals surface area contributed by atoms with Gasteiger partial charge in [0.2, 0.25) is 0 Å². The molecule has 0 bridgehead atoms. The summed E-state index contributed by atoms with van der Waals surface area (Å²) in [6.45, 7) is 6.48. The average molecular weight is 1100 g/mol. The van der Waals surface area contributed by atoms with Crippen LogP contribution in [0.15, 0.2) is 109 Å². The van der Waals surface area contributed by atoms with Crippen LogP contribution in [0.4, 0.5) is 0 Å². The van der Waals surface area contributed by atoms with Crippen molar-refractivity contribution < 1.29 is 28.6 Å². The Morgan fingerprint density at radius 1 is 0.266 bits per heavy atom. The molecule has 0 radical (unpaired) electrons. The van der Waals surface area contributed by atoms with Crippen LogP contribution in [0.2, 0.25) is 0 Å². The fourth-order valence-corrected chi connectivity index (χ4v) is 9.24. The molecule has 1 unspecified atom stereocenters. The molecule has 6 nitrogen and oxygen atoms in total. The molecule has 0 saturated carbocycles. The second-order valence-corrected chi connectivity index (χ2v) is 22.0. The Kier molecular flexibility index (Phi) is 63.3. The number of esters is 3. The van der Waals surface area contributed by atoms with Gasteiger partial charge < -0.3 is 14.2 Å². The molecule has 79 heavy (non-hydrogen) atoms. The van der Waals surface area contributed by atoms with Crippen LogP contribution in [0.5, 0.6) is 0 Å². The molecule has 1 atom stereocenters. The van der Waals surface area contributed by atoms with Crippen LogP contribution >= 0.6 is 0 Å². The number of carbonyl (C=O) groups is 3. The van der Waals surface area contributed by atoms with Gasteiger partial charge in [0.05, 0.1) is 0 Å². The van der Waals surface area contributed by atoms with Gasteiger partial charge in [-0.05, 0) is 128 Å². The number of unbranched alkanes of at least 4 members (excludes halogenated alkanes) is 31. The van der Waals surface area contributed by atoms with Gasteiger partial charge in [-0.15, -0.1) is 0 Å². The van der Waals surface area contributed by atoms with Crippen molar-refractivity contribution in [3.8, 4) is 0 Å². The maximum atomic E-state index is 12.9. The summed E-state index contributed by atoms with van der Waals surface area (Å²) in [6, 6.07) is 0. The molecule has 0 amide bonds. The van der Waals surface area contributed by atoms with E-state index in [1.165, 1.54) is 148 Å². The zero-order valence-corrected chi connectivity index (χ0v) is 51.9. The molecular formula is C73H124O6. The normalized spacial score (nSPS) is 12.8. The highest BCUT2D eigenvalue weighted by Gasteiger charge is 2.19. The highest BCUT2D eigenvalue weighted by atomic mass is 16.6. The fourth-order valence-electron chi connectivity index (χ4n) is 9.24. The summed E-state index contributed by atoms with van der Waals surface area (Å²) in [5.74, 6) is -0.934. The number of allylic oxidation sites excluding steroid dienone is 18. The molecule has 0 spiro atoms. The van der Waals surface area contributed by atoms with Crippen molar-refractivity contribution in [2.24, 2.45) is 0 Å². The van der Waals surface area contributed by atoms with Gasteiger partial charge in [-0.3, -0.25) is 14.4 Å². The van der Waals surface area contributed by atoms with E-state index in [0.717, 1.165) is 128 Å². The van der Waals surface area contributed by atoms with Gasteiger partial charge in [-0.25, -0.2) is 0 Å². The third-order valence-electron chi connectivity index (χ3n) is 14.2. The Balaban J connectivity index is 4.36. The van der Waals surface area contributed by atoms with E-state index >= 15 is 0 Å². The maximum Gasteiger partial charge on any atom is 0.306 e. The molecule has 0 rings (SSSR count). The Hall–Kier alpha value is -3.93. The van der Waals surface area contributed by atoms with E-state index in [0.29, 0.717) is 12.8 Å². The highest BCUT2D eigenvalue weighted by molar-refractivity contribution is 5.71. The zero-order chi connectivity index (χ0) is 57.1. The molecule has 0 aromatic heterocycles. The minimum atomic E-state index is -0.804. The lowest BCUT2D eigenvalue weighted by Gasteiger charge is -2.18. The molecular weight excluding hydrogens is 973 g/mol. The predicted molar refractivity (Wildman–Crippen MR) is 343 cm³/mol. The predicted octanol–water partition coefficient (Wildman–Crippen LogP) is 23.0. The van der Waals surface area contributed by atoms with E-state index < -0.39 is 6.10 Å². The number of hydrogen-bond donors (Lipinski definition) is 0. The van der Waals surface area contributed by atoms with Gasteiger partial charge >= 0.3 is 17.9 Å². The third-order valence-corrected chi connectivity index (χ3v) is 14.2. The fraction of sp³-hybridized carbons (Fsp3) is 0.712. The lowest BCUT2D eigenvalue weighted by molar-refractivity contribution is -0.167. The lowest BCUT2D eigenvalue weighted by Crippen LogP contribution is -2.30. The van der Waals surface area contributed by atoms with Crippen LogP contribution in [0.3, 0.4) is 0 Å². The number of rotatable bonds is 60. The molecule has 0 N–H and O–H groups in total.